The Balaban J connectivity index is 2.43. The van der Waals surface area contributed by atoms with Gasteiger partial charge in [0.1, 0.15) is 11.5 Å². The summed E-state index contributed by atoms with van der Waals surface area (Å²) in [5.74, 6) is 0.817. The minimum Gasteiger partial charge on any atom is -0.391 e. The smallest absolute Gasteiger partial charge is 0.134 e. The van der Waals surface area contributed by atoms with E-state index in [1.807, 2.05) is 25.1 Å². The summed E-state index contributed by atoms with van der Waals surface area (Å²) in [6.45, 7) is 1.87. The van der Waals surface area contributed by atoms with E-state index in [1.165, 1.54) is 11.3 Å². The second-order valence-corrected chi connectivity index (χ2v) is 3.64. The number of nitrogen functional groups attached to an aromatic ring is 1. The molecule has 2 N–H and O–H groups in total. The number of nitrogens with zero attached hydrogens (tertiary/aromatic N) is 1. The zero-order chi connectivity index (χ0) is 8.55. The number of anilines is 1. The predicted octanol–water partition coefficient (Wildman–Crippen LogP) is 2.29. The first kappa shape index (κ1) is 7.36. The summed E-state index contributed by atoms with van der Waals surface area (Å²) in [4.78, 5) is 1.05. The van der Waals surface area contributed by atoms with Gasteiger partial charge in [-0.05, 0) is 19.1 Å². The summed E-state index contributed by atoms with van der Waals surface area (Å²) < 4.78 is 4.94. The first-order chi connectivity index (χ1) is 5.75. The lowest BCUT2D eigenvalue weighted by atomic mass is 10.3. The van der Waals surface area contributed by atoms with Gasteiger partial charge in [-0.15, -0.1) is 11.3 Å². The van der Waals surface area contributed by atoms with Crippen molar-refractivity contribution in [1.29, 1.82) is 0 Å². The molecule has 0 saturated carbocycles. The predicted molar refractivity (Wildman–Crippen MR) is 49.0 cm³/mol. The van der Waals surface area contributed by atoms with Crippen LogP contribution in [-0.2, 0) is 0 Å². The Morgan fingerprint density at radius 3 is 2.83 bits per heavy atom. The molecule has 0 atom stereocenters. The van der Waals surface area contributed by atoms with Gasteiger partial charge in [0.15, 0.2) is 0 Å². The van der Waals surface area contributed by atoms with Crippen molar-refractivity contribution >= 4 is 16.3 Å². The molecule has 2 aromatic heterocycles. The molecule has 0 radical (unpaired) electrons. The molecule has 62 valence electrons. The molecule has 0 aromatic carbocycles. The fourth-order valence-corrected chi connectivity index (χ4v) is 1.70. The van der Waals surface area contributed by atoms with Gasteiger partial charge in [0, 0.05) is 6.07 Å². The molecule has 3 nitrogen and oxygen atoms in total. The number of thiophene rings is 1. The van der Waals surface area contributed by atoms with Crippen molar-refractivity contribution in [3.8, 4) is 10.6 Å². The third-order valence-corrected chi connectivity index (χ3v) is 2.44. The standard InChI is InChI=1S/C8H8N2OS/c1-5-4-6(10-11-5)7-2-3-8(9)12-7/h2-4H,9H2,1H3. The average molecular weight is 180 g/mol. The van der Waals surface area contributed by atoms with Crippen molar-refractivity contribution in [2.45, 2.75) is 6.92 Å². The van der Waals surface area contributed by atoms with Crippen LogP contribution in [0.15, 0.2) is 22.7 Å². The van der Waals surface area contributed by atoms with Gasteiger partial charge in [-0.1, -0.05) is 5.16 Å². The van der Waals surface area contributed by atoms with Crippen LogP contribution in [0.25, 0.3) is 10.6 Å². The van der Waals surface area contributed by atoms with Gasteiger partial charge < -0.3 is 10.3 Å². The van der Waals surface area contributed by atoms with Crippen LogP contribution < -0.4 is 5.73 Å². The van der Waals surface area contributed by atoms with Crippen molar-refractivity contribution in [2.24, 2.45) is 0 Å². The van der Waals surface area contributed by atoms with Crippen LogP contribution in [-0.4, -0.2) is 5.16 Å². The van der Waals surface area contributed by atoms with E-state index >= 15 is 0 Å². The van der Waals surface area contributed by atoms with E-state index in [9.17, 15) is 0 Å². The molecule has 4 heteroatoms. The highest BCUT2D eigenvalue weighted by molar-refractivity contribution is 7.19. The Labute approximate surface area is 73.8 Å². The molecule has 0 saturated heterocycles. The molecule has 0 spiro atoms. The maximum atomic E-state index is 5.58. The summed E-state index contributed by atoms with van der Waals surface area (Å²) in [6.07, 6.45) is 0. The Bertz CT molecular complexity index is 353. The summed E-state index contributed by atoms with van der Waals surface area (Å²) in [5.41, 5.74) is 6.44. The topological polar surface area (TPSA) is 52.0 Å². The highest BCUT2D eigenvalue weighted by Gasteiger charge is 2.05. The molecule has 0 aliphatic heterocycles. The van der Waals surface area contributed by atoms with E-state index in [0.717, 1.165) is 21.3 Å². The summed E-state index contributed by atoms with van der Waals surface area (Å²) >= 11 is 1.51. The second kappa shape index (κ2) is 2.64. The van der Waals surface area contributed by atoms with Gasteiger partial charge in [-0.3, -0.25) is 0 Å². The molecule has 0 bridgehead atoms. The Morgan fingerprint density at radius 2 is 2.33 bits per heavy atom. The molecule has 0 aliphatic carbocycles. The number of aromatic nitrogens is 1. The summed E-state index contributed by atoms with van der Waals surface area (Å²) in [5, 5.41) is 4.68. The lowest BCUT2D eigenvalue weighted by molar-refractivity contribution is 0.400. The van der Waals surface area contributed by atoms with Gasteiger partial charge >= 0.3 is 0 Å². The first-order valence-electron chi connectivity index (χ1n) is 3.55. The molecular weight excluding hydrogens is 172 g/mol. The maximum Gasteiger partial charge on any atom is 0.134 e. The van der Waals surface area contributed by atoms with E-state index in [0.29, 0.717) is 0 Å². The number of aryl methyl sites for hydroxylation is 1. The van der Waals surface area contributed by atoms with Crippen molar-refractivity contribution in [1.82, 2.24) is 5.16 Å². The van der Waals surface area contributed by atoms with Crippen LogP contribution in [0.4, 0.5) is 5.00 Å². The Kier molecular flexibility index (Phi) is 1.62. The Morgan fingerprint density at radius 1 is 1.50 bits per heavy atom. The average Bonchev–Trinajstić information content (AvgIpc) is 2.58. The maximum absolute atomic E-state index is 5.58. The zero-order valence-electron chi connectivity index (χ0n) is 6.57. The van der Waals surface area contributed by atoms with E-state index in [2.05, 4.69) is 5.16 Å². The SMILES string of the molecule is Cc1cc(-c2ccc(N)s2)no1. The van der Waals surface area contributed by atoms with E-state index < -0.39 is 0 Å². The van der Waals surface area contributed by atoms with Gasteiger partial charge in [0.05, 0.1) is 9.88 Å². The fraction of sp³-hybridized carbons (Fsp3) is 0.125. The van der Waals surface area contributed by atoms with Gasteiger partial charge in [-0.25, -0.2) is 0 Å². The van der Waals surface area contributed by atoms with Crippen molar-refractivity contribution in [3.05, 3.63) is 24.0 Å². The molecule has 0 unspecified atom stereocenters. The largest absolute Gasteiger partial charge is 0.391 e. The van der Waals surface area contributed by atoms with Crippen molar-refractivity contribution < 1.29 is 4.52 Å². The molecule has 0 fully saturated rings. The van der Waals surface area contributed by atoms with E-state index in [-0.39, 0.29) is 0 Å². The Hall–Kier alpha value is -1.29. The zero-order valence-corrected chi connectivity index (χ0v) is 7.39. The van der Waals surface area contributed by atoms with Gasteiger partial charge in [-0.2, -0.15) is 0 Å². The highest BCUT2D eigenvalue weighted by Crippen LogP contribution is 2.28. The summed E-state index contributed by atoms with van der Waals surface area (Å²) in [7, 11) is 0. The second-order valence-electron chi connectivity index (χ2n) is 2.52. The minimum atomic E-state index is 0.797. The minimum absolute atomic E-state index is 0.797. The van der Waals surface area contributed by atoms with Crippen LogP contribution >= 0.6 is 11.3 Å². The monoisotopic (exact) mass is 180 g/mol. The number of hydrogen-bond donors (Lipinski definition) is 1. The fourth-order valence-electron chi connectivity index (χ4n) is 0.973. The van der Waals surface area contributed by atoms with Crippen molar-refractivity contribution in [2.75, 3.05) is 5.73 Å². The molecular formula is C8H8N2OS. The molecule has 2 aromatic rings. The molecule has 2 heterocycles. The third-order valence-electron chi connectivity index (χ3n) is 1.51. The van der Waals surface area contributed by atoms with Gasteiger partial charge in [0.25, 0.3) is 0 Å². The van der Waals surface area contributed by atoms with E-state index in [4.69, 9.17) is 10.3 Å². The third kappa shape index (κ3) is 1.21. The first-order valence-corrected chi connectivity index (χ1v) is 4.36. The number of hydrogen-bond acceptors (Lipinski definition) is 4. The number of rotatable bonds is 1. The normalized spacial score (nSPS) is 10.4. The van der Waals surface area contributed by atoms with Gasteiger partial charge in [0.2, 0.25) is 0 Å². The van der Waals surface area contributed by atoms with Crippen molar-refractivity contribution in [3.63, 3.8) is 0 Å². The van der Waals surface area contributed by atoms with Crippen LogP contribution in [0.2, 0.25) is 0 Å². The number of nitrogens with two attached hydrogens (primary N) is 1. The van der Waals surface area contributed by atoms with E-state index in [1.54, 1.807) is 0 Å². The lowest BCUT2D eigenvalue weighted by Crippen LogP contribution is -1.72. The van der Waals surface area contributed by atoms with Crippen LogP contribution in [0.1, 0.15) is 5.76 Å². The quantitative estimate of drug-likeness (QED) is 0.732. The van der Waals surface area contributed by atoms with Crippen LogP contribution in [0, 0.1) is 6.92 Å². The lowest BCUT2D eigenvalue weighted by Gasteiger charge is -1.83. The molecule has 0 amide bonds. The van der Waals surface area contributed by atoms with Crippen LogP contribution in [0.3, 0.4) is 0 Å². The summed E-state index contributed by atoms with van der Waals surface area (Å²) in [6, 6.07) is 5.70. The van der Waals surface area contributed by atoms with Crippen LogP contribution in [0.5, 0.6) is 0 Å². The molecule has 2 rings (SSSR count). The highest BCUT2D eigenvalue weighted by atomic mass is 32.1. The molecule has 0 aliphatic rings. The molecule has 12 heavy (non-hydrogen) atoms.